The summed E-state index contributed by atoms with van der Waals surface area (Å²) in [5.74, 6) is -0.453. The van der Waals surface area contributed by atoms with Crippen molar-refractivity contribution >= 4 is 21.9 Å². The number of aliphatic carboxylic acids is 1. The predicted octanol–water partition coefficient (Wildman–Crippen LogP) is 1.84. The topological polar surface area (TPSA) is 79.2 Å². The third kappa shape index (κ3) is 3.87. The Hall–Kier alpha value is -1.31. The molecule has 0 bridgehead atoms. The fourth-order valence-corrected chi connectivity index (χ4v) is 2.96. The monoisotopic (exact) mass is 359 g/mol. The van der Waals surface area contributed by atoms with Crippen molar-refractivity contribution < 1.29 is 24.5 Å². The van der Waals surface area contributed by atoms with Crippen molar-refractivity contribution in [3.05, 3.63) is 22.2 Å². The van der Waals surface area contributed by atoms with Crippen LogP contribution in [0.4, 0.5) is 0 Å². The van der Waals surface area contributed by atoms with Crippen LogP contribution in [-0.2, 0) is 16.1 Å². The fraction of sp³-hybridized carbons (Fsp3) is 0.500. The summed E-state index contributed by atoms with van der Waals surface area (Å²) >= 11 is 3.29. The molecule has 1 aromatic carbocycles. The second-order valence-electron chi connectivity index (χ2n) is 5.41. The number of rotatable bonds is 6. The molecule has 0 unspecified atom stereocenters. The minimum Gasteiger partial charge on any atom is -0.503 e. The summed E-state index contributed by atoms with van der Waals surface area (Å²) in [5, 5.41) is 18.4. The molecule has 7 heteroatoms. The van der Waals surface area contributed by atoms with Gasteiger partial charge in [0, 0.05) is 19.6 Å². The van der Waals surface area contributed by atoms with Gasteiger partial charge in [-0.2, -0.15) is 0 Å². The minimum absolute atomic E-state index is 0.0829. The van der Waals surface area contributed by atoms with Crippen LogP contribution in [0.15, 0.2) is 16.6 Å². The number of hydrogen-bond acceptors (Lipinski definition) is 5. The molecule has 0 spiro atoms. The Kier molecular flexibility index (Phi) is 4.75. The van der Waals surface area contributed by atoms with E-state index in [2.05, 4.69) is 20.8 Å². The van der Waals surface area contributed by atoms with Crippen LogP contribution in [0.25, 0.3) is 0 Å². The molecule has 0 saturated carbocycles. The lowest BCUT2D eigenvalue weighted by Gasteiger charge is -2.47. The zero-order chi connectivity index (χ0) is 15.6. The first-order chi connectivity index (χ1) is 9.83. The number of phenolic OH excluding ortho intramolecular Hbond substituents is 1. The number of nitrogens with zero attached hydrogens (tertiary/aromatic N) is 1. The normalized spacial score (nSPS) is 17.3. The summed E-state index contributed by atoms with van der Waals surface area (Å²) in [6.45, 7) is 3.64. The van der Waals surface area contributed by atoms with Crippen LogP contribution in [0.5, 0.6) is 11.5 Å². The van der Waals surface area contributed by atoms with Crippen LogP contribution in [-0.4, -0.2) is 53.5 Å². The number of hydrogen-bond donors (Lipinski definition) is 2. The maximum absolute atomic E-state index is 10.5. The van der Waals surface area contributed by atoms with E-state index in [1.54, 1.807) is 6.07 Å². The smallest absolute Gasteiger partial charge is 0.329 e. The number of carboxylic acid groups (broad SMARTS) is 1. The maximum atomic E-state index is 10.5. The number of aromatic hydroxyl groups is 1. The Morgan fingerprint density at radius 2 is 2.14 bits per heavy atom. The molecule has 1 heterocycles. The highest BCUT2D eigenvalue weighted by Crippen LogP contribution is 2.36. The predicted molar refractivity (Wildman–Crippen MR) is 79.6 cm³/mol. The Labute approximate surface area is 131 Å². The van der Waals surface area contributed by atoms with E-state index < -0.39 is 11.6 Å². The summed E-state index contributed by atoms with van der Waals surface area (Å²) in [5.41, 5.74) is 0.591. The van der Waals surface area contributed by atoms with Gasteiger partial charge in [0.15, 0.2) is 11.5 Å². The molecule has 0 aliphatic carbocycles. The molecule has 0 radical (unpaired) electrons. The molecule has 21 heavy (non-hydrogen) atoms. The highest BCUT2D eigenvalue weighted by Gasteiger charge is 2.40. The molecule has 2 N–H and O–H groups in total. The lowest BCUT2D eigenvalue weighted by Crippen LogP contribution is -2.61. The van der Waals surface area contributed by atoms with E-state index in [1.807, 2.05) is 13.0 Å². The molecule has 1 saturated heterocycles. The van der Waals surface area contributed by atoms with E-state index in [0.29, 0.717) is 29.9 Å². The van der Waals surface area contributed by atoms with Crippen LogP contribution in [0, 0.1) is 0 Å². The van der Waals surface area contributed by atoms with Crippen LogP contribution in [0.3, 0.4) is 0 Å². The summed E-state index contributed by atoms with van der Waals surface area (Å²) in [7, 11) is 1.51. The average molecular weight is 360 g/mol. The Morgan fingerprint density at radius 1 is 1.48 bits per heavy atom. The van der Waals surface area contributed by atoms with Crippen LogP contribution in [0.1, 0.15) is 12.5 Å². The summed E-state index contributed by atoms with van der Waals surface area (Å²) in [6, 6.07) is 3.62. The van der Waals surface area contributed by atoms with Crippen molar-refractivity contribution in [1.29, 1.82) is 0 Å². The van der Waals surface area contributed by atoms with Gasteiger partial charge in [-0.05, 0) is 40.5 Å². The van der Waals surface area contributed by atoms with Gasteiger partial charge in [-0.3, -0.25) is 4.90 Å². The number of ether oxygens (including phenoxy) is 2. The number of carbonyl (C=O) groups is 1. The van der Waals surface area contributed by atoms with Crippen molar-refractivity contribution in [1.82, 2.24) is 4.90 Å². The molecule has 2 rings (SSSR count). The van der Waals surface area contributed by atoms with E-state index >= 15 is 0 Å². The highest BCUT2D eigenvalue weighted by atomic mass is 79.9. The second kappa shape index (κ2) is 6.21. The lowest BCUT2D eigenvalue weighted by molar-refractivity contribution is -0.165. The van der Waals surface area contributed by atoms with Crippen molar-refractivity contribution in [2.45, 2.75) is 19.1 Å². The summed E-state index contributed by atoms with van der Waals surface area (Å²) in [6.07, 6.45) is 0. The Balaban J connectivity index is 1.93. The van der Waals surface area contributed by atoms with E-state index in [4.69, 9.17) is 14.6 Å². The molecule has 0 amide bonds. The molecule has 1 aliphatic rings. The number of benzene rings is 1. The number of carboxylic acids is 1. The van der Waals surface area contributed by atoms with Crippen LogP contribution in [0.2, 0.25) is 0 Å². The number of halogens is 1. The average Bonchev–Trinajstić information content (AvgIpc) is 2.38. The molecule has 1 fully saturated rings. The van der Waals surface area contributed by atoms with Crippen LogP contribution < -0.4 is 4.74 Å². The molecule has 1 aliphatic heterocycles. The molecule has 0 atom stereocenters. The van der Waals surface area contributed by atoms with Gasteiger partial charge in [-0.25, -0.2) is 4.79 Å². The largest absolute Gasteiger partial charge is 0.503 e. The molecular weight excluding hydrogens is 342 g/mol. The van der Waals surface area contributed by atoms with Crippen molar-refractivity contribution in [2.24, 2.45) is 0 Å². The van der Waals surface area contributed by atoms with Crippen molar-refractivity contribution in [3.63, 3.8) is 0 Å². The highest BCUT2D eigenvalue weighted by molar-refractivity contribution is 9.10. The third-order valence-electron chi connectivity index (χ3n) is 3.37. The third-order valence-corrected chi connectivity index (χ3v) is 3.98. The quantitative estimate of drug-likeness (QED) is 0.806. The first-order valence-corrected chi connectivity index (χ1v) is 7.26. The Bertz CT molecular complexity index is 542. The fourth-order valence-electron chi connectivity index (χ4n) is 2.47. The summed E-state index contributed by atoms with van der Waals surface area (Å²) in [4.78, 5) is 12.7. The molecule has 1 aromatic rings. The SMILES string of the molecule is COc1cc(CN2CC(C)(OCC(=O)O)C2)cc(Br)c1O. The number of likely N-dealkylation sites (tertiary alicyclic amines) is 1. The first-order valence-electron chi connectivity index (χ1n) is 6.46. The van der Waals surface area contributed by atoms with Crippen molar-refractivity contribution in [2.75, 3.05) is 26.8 Å². The molecular formula is C14H18BrNO5. The van der Waals surface area contributed by atoms with Gasteiger partial charge in [0.1, 0.15) is 6.61 Å². The number of methoxy groups -OCH3 is 1. The summed E-state index contributed by atoms with van der Waals surface area (Å²) < 4.78 is 11.1. The van der Waals surface area contributed by atoms with E-state index in [1.165, 1.54) is 7.11 Å². The standard InChI is InChI=1S/C14H18BrNO5/c1-14(21-6-12(17)18)7-16(8-14)5-9-3-10(15)13(19)11(4-9)20-2/h3-4,19H,5-8H2,1-2H3,(H,17,18). The molecule has 6 nitrogen and oxygen atoms in total. The minimum atomic E-state index is -0.957. The lowest BCUT2D eigenvalue weighted by atomic mass is 9.95. The Morgan fingerprint density at radius 3 is 2.71 bits per heavy atom. The van der Waals surface area contributed by atoms with Gasteiger partial charge < -0.3 is 19.7 Å². The molecule has 0 aromatic heterocycles. The van der Waals surface area contributed by atoms with Gasteiger partial charge >= 0.3 is 5.97 Å². The van der Waals surface area contributed by atoms with E-state index in [9.17, 15) is 9.90 Å². The van der Waals surface area contributed by atoms with Crippen LogP contribution >= 0.6 is 15.9 Å². The zero-order valence-electron chi connectivity index (χ0n) is 11.9. The second-order valence-corrected chi connectivity index (χ2v) is 6.26. The number of phenols is 1. The van der Waals surface area contributed by atoms with E-state index in [0.717, 1.165) is 5.56 Å². The van der Waals surface area contributed by atoms with E-state index in [-0.39, 0.29) is 12.4 Å². The maximum Gasteiger partial charge on any atom is 0.329 e. The van der Waals surface area contributed by atoms with Crippen molar-refractivity contribution in [3.8, 4) is 11.5 Å². The van der Waals surface area contributed by atoms with Gasteiger partial charge in [0.05, 0.1) is 17.2 Å². The van der Waals surface area contributed by atoms with Gasteiger partial charge in [0.25, 0.3) is 0 Å². The van der Waals surface area contributed by atoms with Gasteiger partial charge in [-0.1, -0.05) is 0 Å². The zero-order valence-corrected chi connectivity index (χ0v) is 13.5. The first kappa shape index (κ1) is 16.1. The molecule has 116 valence electrons. The van der Waals surface area contributed by atoms with Gasteiger partial charge in [0.2, 0.25) is 0 Å². The van der Waals surface area contributed by atoms with Gasteiger partial charge in [-0.15, -0.1) is 0 Å².